The molecule has 0 N–H and O–H groups in total. The number of halogens is 1. The fourth-order valence-corrected chi connectivity index (χ4v) is 5.08. The summed E-state index contributed by atoms with van der Waals surface area (Å²) in [7, 11) is 0. The van der Waals surface area contributed by atoms with Crippen molar-refractivity contribution in [2.45, 2.75) is 65.3 Å². The Bertz CT molecular complexity index is 942. The summed E-state index contributed by atoms with van der Waals surface area (Å²) in [6.45, 7) is 9.36. The van der Waals surface area contributed by atoms with E-state index < -0.39 is 0 Å². The van der Waals surface area contributed by atoms with E-state index in [2.05, 4.69) is 32.8 Å². The highest BCUT2D eigenvalue weighted by Gasteiger charge is 2.40. The van der Waals surface area contributed by atoms with Crippen LogP contribution in [0.15, 0.2) is 41.6 Å². The Morgan fingerprint density at radius 3 is 2.69 bits per heavy atom. The number of benzene rings is 1. The van der Waals surface area contributed by atoms with Crippen molar-refractivity contribution in [3.63, 3.8) is 0 Å². The number of hydrogen-bond acceptors (Lipinski definition) is 2. The van der Waals surface area contributed by atoms with E-state index in [9.17, 15) is 9.18 Å². The number of nitrogens with zero attached hydrogens (tertiary/aromatic N) is 3. The second-order valence-corrected chi connectivity index (χ2v) is 8.61. The first-order chi connectivity index (χ1) is 13.9. The molecule has 0 radical (unpaired) electrons. The van der Waals surface area contributed by atoms with Gasteiger partial charge in [0.05, 0.1) is 23.5 Å². The van der Waals surface area contributed by atoms with E-state index in [1.807, 2.05) is 15.8 Å². The molecule has 2 atom stereocenters. The first kappa shape index (κ1) is 19.9. The molecular formula is C24H30FN3O. The largest absolute Gasteiger partial charge is 0.340 e. The molecular weight excluding hydrogens is 365 g/mol. The van der Waals surface area contributed by atoms with Gasteiger partial charge in [0, 0.05) is 30.5 Å². The maximum Gasteiger partial charge on any atom is 0.230 e. The molecule has 4 nitrogen and oxygen atoms in total. The van der Waals surface area contributed by atoms with Crippen LogP contribution in [0.2, 0.25) is 0 Å². The molecule has 2 aliphatic carbocycles. The highest BCUT2D eigenvalue weighted by molar-refractivity contribution is 5.83. The predicted octanol–water partition coefficient (Wildman–Crippen LogP) is 5.02. The molecule has 29 heavy (non-hydrogen) atoms. The highest BCUT2D eigenvalue weighted by atomic mass is 19.1. The molecule has 1 aromatic carbocycles. The minimum absolute atomic E-state index is 0.00345. The smallest absolute Gasteiger partial charge is 0.230 e. The maximum absolute atomic E-state index is 13.4. The van der Waals surface area contributed by atoms with Gasteiger partial charge in [-0.05, 0) is 57.4 Å². The van der Waals surface area contributed by atoms with Crippen molar-refractivity contribution in [2.75, 3.05) is 6.54 Å². The molecule has 0 fully saturated rings. The molecule has 154 valence electrons. The Hall–Kier alpha value is -2.43. The van der Waals surface area contributed by atoms with Gasteiger partial charge in [-0.2, -0.15) is 5.10 Å². The number of amides is 1. The highest BCUT2D eigenvalue weighted by Crippen LogP contribution is 2.47. The Morgan fingerprint density at radius 1 is 1.31 bits per heavy atom. The molecule has 5 heteroatoms. The first-order valence-electron chi connectivity index (χ1n) is 10.8. The van der Waals surface area contributed by atoms with Crippen LogP contribution < -0.4 is 0 Å². The number of allylic oxidation sites excluding steroid dienone is 1. The van der Waals surface area contributed by atoms with Crippen molar-refractivity contribution >= 4 is 5.91 Å². The molecule has 1 amide bonds. The van der Waals surface area contributed by atoms with Crippen LogP contribution in [0.1, 0.15) is 64.1 Å². The number of carbonyl (C=O) groups is 1. The van der Waals surface area contributed by atoms with Gasteiger partial charge in [-0.15, -0.1) is 0 Å². The van der Waals surface area contributed by atoms with E-state index in [4.69, 9.17) is 0 Å². The van der Waals surface area contributed by atoms with Crippen LogP contribution >= 0.6 is 0 Å². The zero-order valence-electron chi connectivity index (χ0n) is 17.8. The van der Waals surface area contributed by atoms with Crippen molar-refractivity contribution in [1.29, 1.82) is 0 Å². The van der Waals surface area contributed by atoms with E-state index >= 15 is 0 Å². The van der Waals surface area contributed by atoms with Gasteiger partial charge >= 0.3 is 0 Å². The molecule has 4 rings (SSSR count). The average Bonchev–Trinajstić information content (AvgIpc) is 3.31. The maximum atomic E-state index is 13.4. The predicted molar refractivity (Wildman–Crippen MR) is 113 cm³/mol. The number of carbonyl (C=O) groups excluding carboxylic acids is 1. The summed E-state index contributed by atoms with van der Waals surface area (Å²) < 4.78 is 15.3. The van der Waals surface area contributed by atoms with Crippen LogP contribution in [-0.4, -0.2) is 33.2 Å². The number of hydrogen-bond donors (Lipinski definition) is 0. The SMILES string of the molecule is CCCN(C(=O)[C@@H]1CCC2=C1[C@@H](C)c1cnn(-c3ccc(F)cc3)c1C2)C(C)C. The van der Waals surface area contributed by atoms with E-state index in [-0.39, 0.29) is 29.6 Å². The van der Waals surface area contributed by atoms with Gasteiger partial charge in [0.15, 0.2) is 0 Å². The van der Waals surface area contributed by atoms with Crippen molar-refractivity contribution in [2.24, 2.45) is 5.92 Å². The van der Waals surface area contributed by atoms with Crippen molar-refractivity contribution < 1.29 is 9.18 Å². The monoisotopic (exact) mass is 395 g/mol. The molecule has 0 saturated heterocycles. The van der Waals surface area contributed by atoms with Crippen molar-refractivity contribution in [3.8, 4) is 5.69 Å². The lowest BCUT2D eigenvalue weighted by Crippen LogP contribution is -2.42. The van der Waals surface area contributed by atoms with Crippen LogP contribution in [0.4, 0.5) is 4.39 Å². The Labute approximate surface area is 172 Å². The lowest BCUT2D eigenvalue weighted by Gasteiger charge is -2.32. The van der Waals surface area contributed by atoms with E-state index in [1.165, 1.54) is 34.5 Å². The molecule has 2 aliphatic rings. The number of fused-ring (bicyclic) bond motifs is 1. The van der Waals surface area contributed by atoms with E-state index in [0.29, 0.717) is 0 Å². The van der Waals surface area contributed by atoms with Crippen LogP contribution in [-0.2, 0) is 11.2 Å². The van der Waals surface area contributed by atoms with Crippen LogP contribution in [0, 0.1) is 11.7 Å². The van der Waals surface area contributed by atoms with Gasteiger partial charge in [-0.25, -0.2) is 9.07 Å². The third-order valence-electron chi connectivity index (χ3n) is 6.47. The van der Waals surface area contributed by atoms with E-state index in [0.717, 1.165) is 37.9 Å². The summed E-state index contributed by atoms with van der Waals surface area (Å²) in [4.78, 5) is 15.4. The van der Waals surface area contributed by atoms with Gasteiger partial charge in [0.2, 0.25) is 5.91 Å². The number of rotatable bonds is 5. The molecule has 1 aromatic heterocycles. The Balaban J connectivity index is 1.65. The van der Waals surface area contributed by atoms with Gasteiger partial charge in [-0.1, -0.05) is 25.0 Å². The van der Waals surface area contributed by atoms with Crippen LogP contribution in [0.25, 0.3) is 5.69 Å². The topological polar surface area (TPSA) is 38.1 Å². The zero-order valence-corrected chi connectivity index (χ0v) is 17.8. The fourth-order valence-electron chi connectivity index (χ4n) is 5.08. The van der Waals surface area contributed by atoms with Crippen molar-refractivity contribution in [1.82, 2.24) is 14.7 Å². The molecule has 0 unspecified atom stereocenters. The van der Waals surface area contributed by atoms with Gasteiger partial charge in [-0.3, -0.25) is 4.79 Å². The van der Waals surface area contributed by atoms with Gasteiger partial charge in [0.25, 0.3) is 0 Å². The fraction of sp³-hybridized carbons (Fsp3) is 0.500. The second kappa shape index (κ2) is 7.77. The zero-order chi connectivity index (χ0) is 20.7. The average molecular weight is 396 g/mol. The summed E-state index contributed by atoms with van der Waals surface area (Å²) in [5.41, 5.74) is 5.96. The molecule has 0 spiro atoms. The standard InChI is InChI=1S/C24H30FN3O/c1-5-12-27(15(2)3)24(29)20-11-6-17-13-22-21(16(4)23(17)20)14-26-28(22)19-9-7-18(25)8-10-19/h7-10,14-16,20H,5-6,11-13H2,1-4H3/t16-,20+/m0/s1. The summed E-state index contributed by atoms with van der Waals surface area (Å²) in [6, 6.07) is 6.70. The lowest BCUT2D eigenvalue weighted by molar-refractivity contribution is -0.136. The first-order valence-corrected chi connectivity index (χ1v) is 10.8. The lowest BCUT2D eigenvalue weighted by atomic mass is 9.79. The van der Waals surface area contributed by atoms with Crippen LogP contribution in [0.5, 0.6) is 0 Å². The van der Waals surface area contributed by atoms with Crippen LogP contribution in [0.3, 0.4) is 0 Å². The molecule has 2 aromatic rings. The summed E-state index contributed by atoms with van der Waals surface area (Å²) in [5, 5.41) is 4.61. The van der Waals surface area contributed by atoms with Gasteiger partial charge in [0.1, 0.15) is 5.82 Å². The third-order valence-corrected chi connectivity index (χ3v) is 6.47. The molecule has 0 aliphatic heterocycles. The Kier molecular flexibility index (Phi) is 5.32. The summed E-state index contributed by atoms with van der Waals surface area (Å²) >= 11 is 0. The van der Waals surface area contributed by atoms with E-state index in [1.54, 1.807) is 12.1 Å². The molecule has 0 saturated carbocycles. The quantitative estimate of drug-likeness (QED) is 0.667. The normalized spacial score (nSPS) is 20.8. The number of aromatic nitrogens is 2. The molecule has 0 bridgehead atoms. The third kappa shape index (κ3) is 3.41. The van der Waals surface area contributed by atoms with Gasteiger partial charge < -0.3 is 4.90 Å². The second-order valence-electron chi connectivity index (χ2n) is 8.61. The molecule has 1 heterocycles. The van der Waals surface area contributed by atoms with Crippen molar-refractivity contribution in [3.05, 3.63) is 58.7 Å². The summed E-state index contributed by atoms with van der Waals surface area (Å²) in [5.74, 6) is 0.228. The Morgan fingerprint density at radius 2 is 2.03 bits per heavy atom. The minimum atomic E-state index is -0.243. The summed E-state index contributed by atoms with van der Waals surface area (Å²) in [6.07, 6.45) is 5.62. The minimum Gasteiger partial charge on any atom is -0.340 e.